The molecular formula is C14H16N4O. The number of H-pyrrole nitrogens is 1. The molecule has 2 aromatic rings. The number of aromatic nitrogens is 3. The fourth-order valence-corrected chi connectivity index (χ4v) is 3.23. The first-order chi connectivity index (χ1) is 9.33. The Morgan fingerprint density at radius 1 is 1.16 bits per heavy atom. The van der Waals surface area contributed by atoms with Crippen molar-refractivity contribution in [1.82, 2.24) is 15.0 Å². The maximum atomic E-state index is 12.4. The standard InChI is InChI=1S/C14H16N4O/c19-13-11-10-5-3-4-9(10)8-15-12(11)16-14(17-13)18-6-1-2-7-18/h8H,1-7H2,(H,15,16,17,19). The summed E-state index contributed by atoms with van der Waals surface area (Å²) in [5.74, 6) is 0.681. The Labute approximate surface area is 110 Å². The van der Waals surface area contributed by atoms with Crippen LogP contribution in [0.1, 0.15) is 30.4 Å². The molecule has 0 unspecified atom stereocenters. The molecule has 5 heteroatoms. The highest BCUT2D eigenvalue weighted by molar-refractivity contribution is 5.80. The van der Waals surface area contributed by atoms with Gasteiger partial charge in [0.25, 0.3) is 5.56 Å². The number of aromatic amines is 1. The molecule has 0 radical (unpaired) electrons. The van der Waals surface area contributed by atoms with Crippen LogP contribution in [0.5, 0.6) is 0 Å². The summed E-state index contributed by atoms with van der Waals surface area (Å²) >= 11 is 0. The first-order valence-corrected chi connectivity index (χ1v) is 6.98. The monoisotopic (exact) mass is 256 g/mol. The molecule has 1 aliphatic carbocycles. The van der Waals surface area contributed by atoms with E-state index in [4.69, 9.17) is 0 Å². The minimum absolute atomic E-state index is 0.0295. The Morgan fingerprint density at radius 2 is 2.00 bits per heavy atom. The molecule has 1 saturated heterocycles. The maximum absolute atomic E-state index is 12.4. The molecule has 0 bridgehead atoms. The minimum Gasteiger partial charge on any atom is -0.342 e. The Bertz CT molecular complexity index is 700. The van der Waals surface area contributed by atoms with Gasteiger partial charge in [-0.15, -0.1) is 0 Å². The molecule has 1 aliphatic heterocycles. The van der Waals surface area contributed by atoms with Gasteiger partial charge in [0.15, 0.2) is 5.65 Å². The van der Waals surface area contributed by atoms with E-state index in [2.05, 4.69) is 19.9 Å². The van der Waals surface area contributed by atoms with Gasteiger partial charge in [-0.25, -0.2) is 4.98 Å². The zero-order chi connectivity index (χ0) is 12.8. The third-order valence-electron chi connectivity index (χ3n) is 4.20. The SMILES string of the molecule is O=c1[nH]c(N2CCCC2)nc2ncc3c(c12)CCC3. The van der Waals surface area contributed by atoms with Crippen LogP contribution in [-0.2, 0) is 12.8 Å². The van der Waals surface area contributed by atoms with E-state index in [1.54, 1.807) is 0 Å². The number of nitrogens with zero attached hydrogens (tertiary/aromatic N) is 3. The van der Waals surface area contributed by atoms with Crippen LogP contribution in [0.25, 0.3) is 11.0 Å². The Morgan fingerprint density at radius 3 is 2.84 bits per heavy atom. The van der Waals surface area contributed by atoms with E-state index in [9.17, 15) is 4.79 Å². The molecule has 1 N–H and O–H groups in total. The van der Waals surface area contributed by atoms with Crippen LogP contribution >= 0.6 is 0 Å². The van der Waals surface area contributed by atoms with Crippen LogP contribution in [0.2, 0.25) is 0 Å². The lowest BCUT2D eigenvalue weighted by molar-refractivity contribution is 0.896. The fourth-order valence-electron chi connectivity index (χ4n) is 3.23. The van der Waals surface area contributed by atoms with Gasteiger partial charge in [-0.05, 0) is 43.2 Å². The van der Waals surface area contributed by atoms with Crippen molar-refractivity contribution < 1.29 is 0 Å². The predicted molar refractivity (Wildman–Crippen MR) is 73.6 cm³/mol. The molecule has 4 rings (SSSR count). The van der Waals surface area contributed by atoms with Gasteiger partial charge in [-0.2, -0.15) is 4.98 Å². The van der Waals surface area contributed by atoms with Crippen molar-refractivity contribution in [3.8, 4) is 0 Å². The summed E-state index contributed by atoms with van der Waals surface area (Å²) in [5, 5.41) is 0.706. The average Bonchev–Trinajstić information content (AvgIpc) is 3.09. The summed E-state index contributed by atoms with van der Waals surface area (Å²) in [7, 11) is 0. The number of anilines is 1. The summed E-state index contributed by atoms with van der Waals surface area (Å²) in [4.78, 5) is 26.4. The third-order valence-corrected chi connectivity index (χ3v) is 4.20. The molecule has 0 spiro atoms. The van der Waals surface area contributed by atoms with Gasteiger partial charge in [0, 0.05) is 19.3 Å². The topological polar surface area (TPSA) is 61.9 Å². The molecule has 0 saturated carbocycles. The second-order valence-electron chi connectivity index (χ2n) is 5.40. The number of aryl methyl sites for hydroxylation is 2. The molecule has 98 valence electrons. The average molecular weight is 256 g/mol. The van der Waals surface area contributed by atoms with Crippen LogP contribution in [-0.4, -0.2) is 28.0 Å². The highest BCUT2D eigenvalue weighted by Gasteiger charge is 2.20. The highest BCUT2D eigenvalue weighted by atomic mass is 16.1. The summed E-state index contributed by atoms with van der Waals surface area (Å²) in [5.41, 5.74) is 2.95. The summed E-state index contributed by atoms with van der Waals surface area (Å²) < 4.78 is 0. The van der Waals surface area contributed by atoms with E-state index >= 15 is 0 Å². The van der Waals surface area contributed by atoms with Gasteiger partial charge in [-0.3, -0.25) is 9.78 Å². The number of hydrogen-bond donors (Lipinski definition) is 1. The third kappa shape index (κ3) is 1.64. The van der Waals surface area contributed by atoms with Crippen LogP contribution in [0.3, 0.4) is 0 Å². The normalized spacial score (nSPS) is 18.2. The van der Waals surface area contributed by atoms with Gasteiger partial charge >= 0.3 is 0 Å². The van der Waals surface area contributed by atoms with Crippen molar-refractivity contribution >= 4 is 17.0 Å². The van der Waals surface area contributed by atoms with E-state index in [0.717, 1.165) is 37.9 Å². The van der Waals surface area contributed by atoms with Crippen LogP contribution in [0.4, 0.5) is 5.95 Å². The van der Waals surface area contributed by atoms with Crippen molar-refractivity contribution in [3.63, 3.8) is 0 Å². The van der Waals surface area contributed by atoms with E-state index in [-0.39, 0.29) is 5.56 Å². The lowest BCUT2D eigenvalue weighted by Crippen LogP contribution is -2.24. The van der Waals surface area contributed by atoms with Gasteiger partial charge in [-0.1, -0.05) is 0 Å². The van der Waals surface area contributed by atoms with E-state index < -0.39 is 0 Å². The fraction of sp³-hybridized carbons (Fsp3) is 0.500. The number of rotatable bonds is 1. The summed E-state index contributed by atoms with van der Waals surface area (Å²) in [6, 6.07) is 0. The molecule has 2 aliphatic rings. The Hall–Kier alpha value is -1.91. The molecule has 0 aromatic carbocycles. The van der Waals surface area contributed by atoms with Crippen molar-refractivity contribution in [2.24, 2.45) is 0 Å². The van der Waals surface area contributed by atoms with Crippen molar-refractivity contribution in [1.29, 1.82) is 0 Å². The van der Waals surface area contributed by atoms with Gasteiger partial charge < -0.3 is 4.90 Å². The zero-order valence-corrected chi connectivity index (χ0v) is 10.8. The maximum Gasteiger partial charge on any atom is 0.262 e. The quantitative estimate of drug-likeness (QED) is 0.838. The second-order valence-corrected chi connectivity index (χ2v) is 5.40. The molecule has 2 aromatic heterocycles. The lowest BCUT2D eigenvalue weighted by Gasteiger charge is -2.16. The van der Waals surface area contributed by atoms with Gasteiger partial charge in [0.2, 0.25) is 5.95 Å². The molecule has 0 atom stereocenters. The summed E-state index contributed by atoms with van der Waals surface area (Å²) in [6.07, 6.45) is 7.35. The number of pyridine rings is 1. The van der Waals surface area contributed by atoms with Crippen LogP contribution in [0, 0.1) is 0 Å². The number of fused-ring (bicyclic) bond motifs is 3. The largest absolute Gasteiger partial charge is 0.342 e. The first-order valence-electron chi connectivity index (χ1n) is 6.98. The van der Waals surface area contributed by atoms with Crippen molar-refractivity contribution in [2.75, 3.05) is 18.0 Å². The molecular weight excluding hydrogens is 240 g/mol. The van der Waals surface area contributed by atoms with E-state index in [1.807, 2.05) is 6.20 Å². The Balaban J connectivity index is 1.93. The van der Waals surface area contributed by atoms with Gasteiger partial charge in [0.05, 0.1) is 5.39 Å². The summed E-state index contributed by atoms with van der Waals surface area (Å²) in [6.45, 7) is 1.94. The van der Waals surface area contributed by atoms with E-state index in [0.29, 0.717) is 17.0 Å². The van der Waals surface area contributed by atoms with Crippen LogP contribution < -0.4 is 10.5 Å². The Kier molecular flexibility index (Phi) is 2.33. The highest BCUT2D eigenvalue weighted by Crippen LogP contribution is 2.26. The zero-order valence-electron chi connectivity index (χ0n) is 10.8. The number of nitrogens with one attached hydrogen (secondary N) is 1. The smallest absolute Gasteiger partial charge is 0.262 e. The lowest BCUT2D eigenvalue weighted by atomic mass is 10.1. The predicted octanol–water partition coefficient (Wildman–Crippen LogP) is 1.41. The van der Waals surface area contributed by atoms with Gasteiger partial charge in [0.1, 0.15) is 0 Å². The molecule has 3 heterocycles. The molecule has 19 heavy (non-hydrogen) atoms. The number of hydrogen-bond acceptors (Lipinski definition) is 4. The first kappa shape index (κ1) is 11.0. The molecule has 1 fully saturated rings. The molecule has 5 nitrogen and oxygen atoms in total. The van der Waals surface area contributed by atoms with Crippen molar-refractivity contribution in [3.05, 3.63) is 27.7 Å². The van der Waals surface area contributed by atoms with Crippen LogP contribution in [0.15, 0.2) is 11.0 Å². The van der Waals surface area contributed by atoms with Crippen molar-refractivity contribution in [2.45, 2.75) is 32.1 Å². The minimum atomic E-state index is -0.0295. The second kappa shape index (κ2) is 4.05. The molecule has 0 amide bonds. The van der Waals surface area contributed by atoms with E-state index in [1.165, 1.54) is 18.4 Å².